The van der Waals surface area contributed by atoms with Crippen molar-refractivity contribution in [1.82, 2.24) is 0 Å². The summed E-state index contributed by atoms with van der Waals surface area (Å²) in [4.78, 5) is 0. The third-order valence-corrected chi connectivity index (χ3v) is 11.3. The second-order valence-electron chi connectivity index (χ2n) is 6.53. The summed E-state index contributed by atoms with van der Waals surface area (Å²) < 4.78 is 5.13. The van der Waals surface area contributed by atoms with E-state index in [1.54, 1.807) is 0 Å². The molecular formula is C23H24NPS. The first-order valence-corrected chi connectivity index (χ1v) is 11.8. The van der Waals surface area contributed by atoms with Crippen LogP contribution < -0.4 is 15.9 Å². The summed E-state index contributed by atoms with van der Waals surface area (Å²) in [5, 5.41) is 6.57. The molecule has 0 bridgehead atoms. The van der Waals surface area contributed by atoms with Gasteiger partial charge in [0.15, 0.2) is 0 Å². The van der Waals surface area contributed by atoms with Crippen LogP contribution >= 0.6 is 19.0 Å². The summed E-state index contributed by atoms with van der Waals surface area (Å²) in [6, 6.07) is 32.1. The van der Waals surface area contributed by atoms with E-state index in [2.05, 4.69) is 103 Å². The fraction of sp³-hybridized carbons (Fsp3) is 0.174. The van der Waals surface area contributed by atoms with Crippen LogP contribution in [0.3, 0.4) is 0 Å². The van der Waals surface area contributed by atoms with Crippen LogP contribution in [0, 0.1) is 0 Å². The Kier molecular flexibility index (Phi) is 5.79. The molecule has 1 nitrogen and oxygen atoms in total. The van der Waals surface area contributed by atoms with Gasteiger partial charge in [0, 0.05) is 0 Å². The molecule has 0 saturated carbocycles. The third-order valence-electron chi connectivity index (χ3n) is 5.15. The number of hydrogen-bond donors (Lipinski definition) is 0. The van der Waals surface area contributed by atoms with E-state index >= 15 is 0 Å². The van der Waals surface area contributed by atoms with Crippen LogP contribution in [0.1, 0.15) is 19.8 Å². The van der Waals surface area contributed by atoms with Gasteiger partial charge in [-0.25, -0.2) is 0 Å². The molecule has 0 spiro atoms. The van der Waals surface area contributed by atoms with Crippen molar-refractivity contribution in [2.24, 2.45) is 4.76 Å². The van der Waals surface area contributed by atoms with Crippen LogP contribution in [0.4, 0.5) is 0 Å². The number of unbranched alkanes of at least 4 members (excludes halogenated alkanes) is 1. The Morgan fingerprint density at radius 3 is 1.42 bits per heavy atom. The molecule has 0 radical (unpaired) electrons. The molecule has 0 heterocycles. The molecule has 0 aliphatic heterocycles. The average molecular weight is 377 g/mol. The van der Waals surface area contributed by atoms with Gasteiger partial charge in [0.2, 0.25) is 0 Å². The van der Waals surface area contributed by atoms with Gasteiger partial charge in [-0.05, 0) is 0 Å². The van der Waals surface area contributed by atoms with Gasteiger partial charge in [-0.15, -0.1) is 0 Å². The SMILES string of the molecule is CCCCP(N=C=S)(c1ccccc1)(c1ccccc1)c1ccccc1. The number of hydrogen-bond acceptors (Lipinski definition) is 2. The van der Waals surface area contributed by atoms with Crippen LogP contribution in [0.15, 0.2) is 95.8 Å². The van der Waals surface area contributed by atoms with Gasteiger partial charge in [0.05, 0.1) is 0 Å². The Morgan fingerprint density at radius 2 is 1.12 bits per heavy atom. The van der Waals surface area contributed by atoms with E-state index in [1.807, 2.05) is 0 Å². The van der Waals surface area contributed by atoms with E-state index in [0.717, 1.165) is 19.0 Å². The van der Waals surface area contributed by atoms with Crippen molar-refractivity contribution in [3.8, 4) is 0 Å². The predicted molar refractivity (Wildman–Crippen MR) is 120 cm³/mol. The van der Waals surface area contributed by atoms with Gasteiger partial charge < -0.3 is 0 Å². The van der Waals surface area contributed by atoms with Gasteiger partial charge in [0.1, 0.15) is 0 Å². The number of thiocarbonyl (C=S) groups is 1. The Hall–Kier alpha value is -2.11. The van der Waals surface area contributed by atoms with Crippen LogP contribution in [0.25, 0.3) is 0 Å². The first kappa shape index (κ1) is 18.7. The monoisotopic (exact) mass is 377 g/mol. The van der Waals surface area contributed by atoms with Crippen molar-refractivity contribution in [2.45, 2.75) is 19.8 Å². The molecular weight excluding hydrogens is 353 g/mol. The van der Waals surface area contributed by atoms with Crippen molar-refractivity contribution in [3.63, 3.8) is 0 Å². The number of nitrogens with zero attached hydrogens (tertiary/aromatic N) is 1. The molecule has 0 aromatic heterocycles. The molecule has 0 aliphatic rings. The summed E-state index contributed by atoms with van der Waals surface area (Å²) >= 11 is 5.24. The zero-order valence-corrected chi connectivity index (χ0v) is 16.8. The molecule has 3 aromatic carbocycles. The normalized spacial score (nSPS) is 12.6. The number of rotatable bonds is 7. The molecule has 0 atom stereocenters. The van der Waals surface area contributed by atoms with Crippen LogP contribution in [0.5, 0.6) is 0 Å². The predicted octanol–water partition coefficient (Wildman–Crippen LogP) is 5.33. The van der Waals surface area contributed by atoms with E-state index < -0.39 is 6.75 Å². The first-order valence-electron chi connectivity index (χ1n) is 9.05. The second-order valence-corrected chi connectivity index (χ2v) is 11.4. The van der Waals surface area contributed by atoms with E-state index in [1.165, 1.54) is 15.9 Å². The van der Waals surface area contributed by atoms with E-state index in [4.69, 9.17) is 17.0 Å². The van der Waals surface area contributed by atoms with Crippen molar-refractivity contribution >= 4 is 40.0 Å². The molecule has 0 amide bonds. The summed E-state index contributed by atoms with van der Waals surface area (Å²) in [6.45, 7) is -0.868. The molecule has 132 valence electrons. The van der Waals surface area contributed by atoms with Gasteiger partial charge in [-0.2, -0.15) is 0 Å². The van der Waals surface area contributed by atoms with Crippen LogP contribution in [0.2, 0.25) is 0 Å². The van der Waals surface area contributed by atoms with E-state index in [0.29, 0.717) is 0 Å². The maximum atomic E-state index is 5.24. The standard InChI is InChI=1S/C23H24NPS/c1-2-3-19-25(24-20-26,21-13-7-4-8-14-21,22-15-9-5-10-16-22)23-17-11-6-12-18-23/h4-18H,2-3,19H2,1H3. The topological polar surface area (TPSA) is 12.4 Å². The molecule has 0 unspecified atom stereocenters. The quantitative estimate of drug-likeness (QED) is 0.308. The van der Waals surface area contributed by atoms with Crippen molar-refractivity contribution in [3.05, 3.63) is 91.0 Å². The maximum absolute atomic E-state index is 5.24. The Morgan fingerprint density at radius 1 is 0.731 bits per heavy atom. The second kappa shape index (κ2) is 8.06. The van der Waals surface area contributed by atoms with Crippen molar-refractivity contribution in [2.75, 3.05) is 6.16 Å². The first-order chi connectivity index (χ1) is 12.8. The van der Waals surface area contributed by atoms with Crippen LogP contribution in [-0.4, -0.2) is 11.3 Å². The third kappa shape index (κ3) is 2.95. The van der Waals surface area contributed by atoms with Gasteiger partial charge in [0.25, 0.3) is 0 Å². The van der Waals surface area contributed by atoms with Crippen molar-refractivity contribution < 1.29 is 0 Å². The Labute approximate surface area is 161 Å². The van der Waals surface area contributed by atoms with Crippen molar-refractivity contribution in [1.29, 1.82) is 0 Å². The van der Waals surface area contributed by atoms with Crippen LogP contribution in [-0.2, 0) is 0 Å². The zero-order chi connectivity index (χ0) is 18.3. The fourth-order valence-electron chi connectivity index (χ4n) is 3.86. The molecule has 26 heavy (non-hydrogen) atoms. The minimum absolute atomic E-state index is 0.962. The molecule has 3 rings (SSSR count). The summed E-state index contributed by atoms with van der Waals surface area (Å²) in [7, 11) is 0. The van der Waals surface area contributed by atoms with Gasteiger partial charge in [-0.3, -0.25) is 0 Å². The molecule has 0 fully saturated rings. The fourth-order valence-corrected chi connectivity index (χ4v) is 10.1. The molecule has 0 aliphatic carbocycles. The summed E-state index contributed by atoms with van der Waals surface area (Å²) in [5.41, 5.74) is 0. The average Bonchev–Trinajstić information content (AvgIpc) is 2.73. The van der Waals surface area contributed by atoms with E-state index in [-0.39, 0.29) is 0 Å². The Bertz CT molecular complexity index is 788. The van der Waals surface area contributed by atoms with Gasteiger partial charge in [-0.1, -0.05) is 0 Å². The molecule has 0 saturated heterocycles. The van der Waals surface area contributed by atoms with Gasteiger partial charge >= 0.3 is 162 Å². The minimum atomic E-state index is -3.10. The molecule has 3 heteroatoms. The summed E-state index contributed by atoms with van der Waals surface area (Å²) in [5.74, 6) is 0. The number of isothiocyanates is 1. The summed E-state index contributed by atoms with van der Waals surface area (Å²) in [6.07, 6.45) is 3.15. The molecule has 3 aromatic rings. The zero-order valence-electron chi connectivity index (χ0n) is 15.1. The molecule has 0 N–H and O–H groups in total. The number of benzene rings is 3. The Balaban J connectivity index is 2.52. The van der Waals surface area contributed by atoms with E-state index in [9.17, 15) is 0 Å².